The number of fused-ring (bicyclic) bond motifs is 1. The van der Waals surface area contributed by atoms with E-state index in [0.717, 1.165) is 12.8 Å². The van der Waals surface area contributed by atoms with Gasteiger partial charge in [-0.05, 0) is 39.5 Å². The van der Waals surface area contributed by atoms with Crippen LogP contribution in [0.2, 0.25) is 5.15 Å². The van der Waals surface area contributed by atoms with E-state index in [2.05, 4.69) is 10.1 Å². The summed E-state index contributed by atoms with van der Waals surface area (Å²) in [5, 5.41) is 4.47. The van der Waals surface area contributed by atoms with Crippen molar-refractivity contribution in [1.29, 1.82) is 0 Å². The molecule has 3 heterocycles. The third-order valence-electron chi connectivity index (χ3n) is 4.00. The van der Waals surface area contributed by atoms with Crippen LogP contribution in [0.4, 0.5) is 10.5 Å². The molecule has 0 atom stereocenters. The number of carbonyl (C=O) groups excluding carboxylic acids is 1. The molecule has 0 aromatic carbocycles. The summed E-state index contributed by atoms with van der Waals surface area (Å²) in [7, 11) is 0. The van der Waals surface area contributed by atoms with Crippen LogP contribution in [0.1, 0.15) is 47.5 Å². The Labute approximate surface area is 165 Å². The maximum atomic E-state index is 12.9. The first-order chi connectivity index (χ1) is 12.8. The van der Waals surface area contributed by atoms with Gasteiger partial charge < -0.3 is 9.47 Å². The van der Waals surface area contributed by atoms with Gasteiger partial charge >= 0.3 is 6.09 Å². The standard InChI is InChI=1S/C17H23ClN4O3.C2H6/c1-17(2,3)25-16(23)21(11-12-4-8-24-9-5-12)13-10-14(18)20-22-7-6-19-15(13)22;1-2/h6-7,10,12H,4-5,8-9,11H2,1-3H3;1-2H3. The molecule has 1 fully saturated rings. The summed E-state index contributed by atoms with van der Waals surface area (Å²) < 4.78 is 12.6. The summed E-state index contributed by atoms with van der Waals surface area (Å²) in [6.45, 7) is 11.5. The monoisotopic (exact) mass is 396 g/mol. The number of rotatable bonds is 3. The Hall–Kier alpha value is -1.86. The fraction of sp³-hybridized carbons (Fsp3) is 0.632. The Bertz CT molecular complexity index is 751. The Balaban J connectivity index is 0.00000126. The van der Waals surface area contributed by atoms with Gasteiger partial charge in [0.2, 0.25) is 0 Å². The molecule has 8 heteroatoms. The molecule has 0 saturated carbocycles. The third kappa shape index (κ3) is 5.81. The summed E-state index contributed by atoms with van der Waals surface area (Å²) in [6.07, 6.45) is 4.73. The maximum absolute atomic E-state index is 12.9. The van der Waals surface area contributed by atoms with Crippen molar-refractivity contribution in [1.82, 2.24) is 14.6 Å². The molecule has 1 saturated heterocycles. The molecule has 7 nitrogen and oxygen atoms in total. The zero-order valence-corrected chi connectivity index (χ0v) is 17.5. The van der Waals surface area contributed by atoms with Crippen LogP contribution >= 0.6 is 11.6 Å². The number of hydrogen-bond acceptors (Lipinski definition) is 5. The summed E-state index contributed by atoms with van der Waals surface area (Å²) in [6, 6.07) is 1.66. The number of carbonyl (C=O) groups is 1. The van der Waals surface area contributed by atoms with E-state index in [4.69, 9.17) is 21.1 Å². The first kappa shape index (κ1) is 21.4. The molecule has 1 amide bonds. The van der Waals surface area contributed by atoms with E-state index in [9.17, 15) is 4.79 Å². The minimum absolute atomic E-state index is 0.293. The van der Waals surface area contributed by atoms with E-state index < -0.39 is 11.7 Å². The van der Waals surface area contributed by atoms with E-state index in [0.29, 0.717) is 42.2 Å². The number of aromatic nitrogens is 3. The van der Waals surface area contributed by atoms with Crippen LogP contribution in [0, 0.1) is 5.92 Å². The highest BCUT2D eigenvalue weighted by Crippen LogP contribution is 2.28. The molecule has 0 spiro atoms. The molecular weight excluding hydrogens is 368 g/mol. The van der Waals surface area contributed by atoms with Gasteiger partial charge in [-0.1, -0.05) is 25.4 Å². The van der Waals surface area contributed by atoms with Crippen molar-refractivity contribution in [3.05, 3.63) is 23.6 Å². The molecule has 150 valence electrons. The number of amides is 1. The Morgan fingerprint density at radius 3 is 2.67 bits per heavy atom. The maximum Gasteiger partial charge on any atom is 0.414 e. The summed E-state index contributed by atoms with van der Waals surface area (Å²) >= 11 is 6.15. The largest absolute Gasteiger partial charge is 0.443 e. The number of hydrogen-bond donors (Lipinski definition) is 0. The average Bonchev–Trinajstić information content (AvgIpc) is 3.08. The van der Waals surface area contributed by atoms with Crippen molar-refractivity contribution < 1.29 is 14.3 Å². The second kappa shape index (κ2) is 9.37. The molecule has 0 N–H and O–H groups in total. The minimum atomic E-state index is -0.590. The Morgan fingerprint density at radius 1 is 1.37 bits per heavy atom. The minimum Gasteiger partial charge on any atom is -0.443 e. The summed E-state index contributed by atoms with van der Waals surface area (Å²) in [5.74, 6) is 0.336. The van der Waals surface area contributed by atoms with Crippen molar-refractivity contribution in [3.63, 3.8) is 0 Å². The van der Waals surface area contributed by atoms with Gasteiger partial charge in [-0.25, -0.2) is 14.3 Å². The van der Waals surface area contributed by atoms with Crippen molar-refractivity contribution in [3.8, 4) is 0 Å². The van der Waals surface area contributed by atoms with E-state index in [1.165, 1.54) is 0 Å². The zero-order valence-electron chi connectivity index (χ0n) is 16.7. The third-order valence-corrected chi connectivity index (χ3v) is 4.18. The van der Waals surface area contributed by atoms with E-state index in [1.54, 1.807) is 27.9 Å². The lowest BCUT2D eigenvalue weighted by molar-refractivity contribution is 0.0515. The topological polar surface area (TPSA) is 69.0 Å². The quantitative estimate of drug-likeness (QED) is 0.759. The molecule has 0 bridgehead atoms. The van der Waals surface area contributed by atoms with E-state index >= 15 is 0 Å². The van der Waals surface area contributed by atoms with Crippen LogP contribution in [-0.2, 0) is 9.47 Å². The van der Waals surface area contributed by atoms with Gasteiger partial charge in [0, 0.05) is 38.2 Å². The number of nitrogens with zero attached hydrogens (tertiary/aromatic N) is 4. The smallest absolute Gasteiger partial charge is 0.414 e. The molecule has 2 aromatic heterocycles. The SMILES string of the molecule is CC.CC(C)(C)OC(=O)N(CC1CCOCC1)c1cc(Cl)nn2ccnc12. The second-order valence-corrected chi connectivity index (χ2v) is 7.58. The van der Waals surface area contributed by atoms with Gasteiger partial charge in [-0.15, -0.1) is 0 Å². The van der Waals surface area contributed by atoms with Crippen molar-refractivity contribution in [2.75, 3.05) is 24.7 Å². The number of anilines is 1. The predicted octanol–water partition coefficient (Wildman–Crippen LogP) is 4.58. The summed E-state index contributed by atoms with van der Waals surface area (Å²) in [4.78, 5) is 18.8. The molecule has 0 radical (unpaired) electrons. The molecular formula is C19H29ClN4O3. The van der Waals surface area contributed by atoms with Crippen LogP contribution in [-0.4, -0.2) is 46.1 Å². The van der Waals surface area contributed by atoms with Crippen LogP contribution in [0.5, 0.6) is 0 Å². The van der Waals surface area contributed by atoms with Crippen molar-refractivity contribution in [2.24, 2.45) is 5.92 Å². The van der Waals surface area contributed by atoms with Crippen LogP contribution in [0.15, 0.2) is 18.5 Å². The van der Waals surface area contributed by atoms with Gasteiger partial charge in [-0.3, -0.25) is 4.90 Å². The number of halogens is 1. The predicted molar refractivity (Wildman–Crippen MR) is 106 cm³/mol. The van der Waals surface area contributed by atoms with Gasteiger partial charge in [-0.2, -0.15) is 5.10 Å². The Morgan fingerprint density at radius 2 is 2.04 bits per heavy atom. The molecule has 3 rings (SSSR count). The number of ether oxygens (including phenoxy) is 2. The van der Waals surface area contributed by atoms with Crippen molar-refractivity contribution >= 4 is 29.0 Å². The first-order valence-corrected chi connectivity index (χ1v) is 9.79. The highest BCUT2D eigenvalue weighted by atomic mass is 35.5. The number of imidazole rings is 1. The lowest BCUT2D eigenvalue weighted by atomic mass is 9.99. The van der Waals surface area contributed by atoms with E-state index in [-0.39, 0.29) is 0 Å². The second-order valence-electron chi connectivity index (χ2n) is 7.19. The fourth-order valence-corrected chi connectivity index (χ4v) is 3.03. The summed E-state index contributed by atoms with van der Waals surface area (Å²) in [5.41, 5.74) is 0.584. The van der Waals surface area contributed by atoms with Crippen LogP contribution < -0.4 is 4.90 Å². The highest BCUT2D eigenvalue weighted by molar-refractivity contribution is 6.29. The first-order valence-electron chi connectivity index (χ1n) is 9.41. The molecule has 1 aliphatic heterocycles. The molecule has 1 aliphatic rings. The van der Waals surface area contributed by atoms with Crippen LogP contribution in [0.3, 0.4) is 0 Å². The Kier molecular flexibility index (Phi) is 7.44. The lowest BCUT2D eigenvalue weighted by Crippen LogP contribution is -2.41. The zero-order chi connectivity index (χ0) is 20.0. The van der Waals surface area contributed by atoms with Gasteiger partial charge in [0.15, 0.2) is 10.8 Å². The van der Waals surface area contributed by atoms with E-state index in [1.807, 2.05) is 34.6 Å². The molecule has 27 heavy (non-hydrogen) atoms. The fourth-order valence-electron chi connectivity index (χ4n) is 2.84. The van der Waals surface area contributed by atoms with Gasteiger partial charge in [0.25, 0.3) is 0 Å². The van der Waals surface area contributed by atoms with Gasteiger partial charge in [0.05, 0.1) is 5.69 Å². The normalized spacial score (nSPS) is 15.2. The van der Waals surface area contributed by atoms with Crippen molar-refractivity contribution in [2.45, 2.75) is 53.1 Å². The molecule has 0 aliphatic carbocycles. The molecule has 2 aromatic rings. The van der Waals surface area contributed by atoms with Crippen LogP contribution in [0.25, 0.3) is 5.65 Å². The van der Waals surface area contributed by atoms with Gasteiger partial charge in [0.1, 0.15) is 5.60 Å². The lowest BCUT2D eigenvalue weighted by Gasteiger charge is -2.31. The molecule has 0 unspecified atom stereocenters. The highest BCUT2D eigenvalue weighted by Gasteiger charge is 2.29. The average molecular weight is 397 g/mol.